The summed E-state index contributed by atoms with van der Waals surface area (Å²) in [6.45, 7) is 0. The topological polar surface area (TPSA) is 73.0 Å². The highest BCUT2D eigenvalue weighted by atomic mass is 16.3. The van der Waals surface area contributed by atoms with Gasteiger partial charge in [0.1, 0.15) is 11.3 Å². The number of carbonyl (C=O) groups is 1. The van der Waals surface area contributed by atoms with Crippen LogP contribution in [0.25, 0.3) is 11.1 Å². The molecule has 3 aromatic rings. The Balaban J connectivity index is 1.66. The van der Waals surface area contributed by atoms with Gasteiger partial charge in [0.2, 0.25) is 0 Å². The minimum absolute atomic E-state index is 0.263. The monoisotopic (exact) mass is 296 g/mol. The van der Waals surface area contributed by atoms with E-state index in [2.05, 4.69) is 15.4 Å². The van der Waals surface area contributed by atoms with Crippen molar-refractivity contribution in [3.05, 3.63) is 41.4 Å². The molecule has 0 bridgehead atoms. The molecule has 0 saturated carbocycles. The van der Waals surface area contributed by atoms with Gasteiger partial charge in [-0.15, -0.1) is 0 Å². The van der Waals surface area contributed by atoms with E-state index in [4.69, 9.17) is 4.42 Å². The van der Waals surface area contributed by atoms with Gasteiger partial charge in [0.05, 0.1) is 5.69 Å². The molecule has 3 aromatic heterocycles. The van der Waals surface area contributed by atoms with E-state index in [-0.39, 0.29) is 11.7 Å². The van der Waals surface area contributed by atoms with E-state index in [0.29, 0.717) is 11.1 Å². The summed E-state index contributed by atoms with van der Waals surface area (Å²) < 4.78 is 7.30. The molecule has 0 fully saturated rings. The van der Waals surface area contributed by atoms with Gasteiger partial charge in [-0.1, -0.05) is 0 Å². The number of pyridine rings is 1. The molecule has 0 aromatic carbocycles. The Morgan fingerprint density at radius 1 is 1.36 bits per heavy atom. The number of rotatable bonds is 2. The number of hydrogen-bond acceptors (Lipinski definition) is 4. The van der Waals surface area contributed by atoms with Gasteiger partial charge in [0.25, 0.3) is 5.91 Å². The molecule has 1 amide bonds. The lowest BCUT2D eigenvalue weighted by Gasteiger charge is -2.11. The second-order valence-corrected chi connectivity index (χ2v) is 5.56. The molecule has 3 heterocycles. The normalized spacial score (nSPS) is 14.0. The second kappa shape index (κ2) is 4.98. The van der Waals surface area contributed by atoms with E-state index in [9.17, 15) is 4.79 Å². The average Bonchev–Trinajstić information content (AvgIpc) is 3.09. The van der Waals surface area contributed by atoms with E-state index in [1.54, 1.807) is 29.1 Å². The zero-order valence-corrected chi connectivity index (χ0v) is 12.3. The Morgan fingerprint density at radius 3 is 3.09 bits per heavy atom. The number of amides is 1. The Labute approximate surface area is 127 Å². The zero-order valence-electron chi connectivity index (χ0n) is 12.3. The molecule has 1 aliphatic carbocycles. The first-order chi connectivity index (χ1) is 10.7. The Morgan fingerprint density at radius 2 is 2.23 bits per heavy atom. The molecule has 6 heteroatoms. The van der Waals surface area contributed by atoms with Crippen molar-refractivity contribution in [1.29, 1.82) is 0 Å². The van der Waals surface area contributed by atoms with Gasteiger partial charge in [0.15, 0.2) is 11.3 Å². The quantitative estimate of drug-likeness (QED) is 0.789. The SMILES string of the molecule is Cn1nc2c(c1NC(=O)c1cc3ncccc3o1)CCCC2. The second-order valence-electron chi connectivity index (χ2n) is 5.56. The molecule has 1 N–H and O–H groups in total. The third-order valence-corrected chi connectivity index (χ3v) is 4.06. The van der Waals surface area contributed by atoms with Crippen molar-refractivity contribution in [2.45, 2.75) is 25.7 Å². The number of nitrogens with one attached hydrogen (secondary N) is 1. The maximum absolute atomic E-state index is 12.4. The van der Waals surface area contributed by atoms with Crippen LogP contribution in [-0.2, 0) is 19.9 Å². The van der Waals surface area contributed by atoms with Crippen molar-refractivity contribution in [2.24, 2.45) is 7.05 Å². The fourth-order valence-corrected chi connectivity index (χ4v) is 2.99. The van der Waals surface area contributed by atoms with E-state index in [1.807, 2.05) is 7.05 Å². The fourth-order valence-electron chi connectivity index (χ4n) is 2.99. The van der Waals surface area contributed by atoms with Crippen LogP contribution in [0.1, 0.15) is 34.7 Å². The lowest BCUT2D eigenvalue weighted by Crippen LogP contribution is -2.15. The first-order valence-corrected chi connectivity index (χ1v) is 7.43. The summed E-state index contributed by atoms with van der Waals surface area (Å²) in [5.74, 6) is 0.766. The highest BCUT2D eigenvalue weighted by molar-refractivity contribution is 6.04. The number of anilines is 1. The summed E-state index contributed by atoms with van der Waals surface area (Å²) in [4.78, 5) is 16.6. The van der Waals surface area contributed by atoms with Gasteiger partial charge < -0.3 is 9.73 Å². The molecular weight excluding hydrogens is 280 g/mol. The first kappa shape index (κ1) is 13.1. The van der Waals surface area contributed by atoms with Gasteiger partial charge in [0, 0.05) is 24.9 Å². The molecule has 0 aliphatic heterocycles. The summed E-state index contributed by atoms with van der Waals surface area (Å²) in [7, 11) is 1.86. The highest BCUT2D eigenvalue weighted by Crippen LogP contribution is 2.28. The minimum atomic E-state index is -0.269. The molecular formula is C16H16N4O2. The van der Waals surface area contributed by atoms with Gasteiger partial charge >= 0.3 is 0 Å². The van der Waals surface area contributed by atoms with Gasteiger partial charge in [-0.05, 0) is 37.8 Å². The minimum Gasteiger partial charge on any atom is -0.449 e. The molecule has 0 atom stereocenters. The number of hydrogen-bond donors (Lipinski definition) is 1. The fraction of sp³-hybridized carbons (Fsp3) is 0.312. The number of fused-ring (bicyclic) bond motifs is 2. The van der Waals surface area contributed by atoms with Crippen LogP contribution in [0, 0.1) is 0 Å². The van der Waals surface area contributed by atoms with Crippen LogP contribution >= 0.6 is 0 Å². The van der Waals surface area contributed by atoms with Crippen LogP contribution in [0.2, 0.25) is 0 Å². The van der Waals surface area contributed by atoms with Crippen LogP contribution in [-0.4, -0.2) is 20.7 Å². The maximum Gasteiger partial charge on any atom is 0.292 e. The Bertz CT molecular complexity index is 829. The van der Waals surface area contributed by atoms with Crippen molar-refractivity contribution in [3.8, 4) is 0 Å². The lowest BCUT2D eigenvalue weighted by molar-refractivity contribution is 0.0997. The molecule has 6 nitrogen and oxygen atoms in total. The number of aryl methyl sites for hydroxylation is 2. The maximum atomic E-state index is 12.4. The van der Waals surface area contributed by atoms with Crippen LogP contribution in [0.5, 0.6) is 0 Å². The van der Waals surface area contributed by atoms with E-state index >= 15 is 0 Å². The molecule has 112 valence electrons. The third-order valence-electron chi connectivity index (χ3n) is 4.06. The molecule has 1 aliphatic rings. The molecule has 4 rings (SSSR count). The smallest absolute Gasteiger partial charge is 0.292 e. The molecule has 0 unspecified atom stereocenters. The number of carbonyl (C=O) groups excluding carboxylic acids is 1. The summed E-state index contributed by atoms with van der Waals surface area (Å²) in [5.41, 5.74) is 3.53. The highest BCUT2D eigenvalue weighted by Gasteiger charge is 2.22. The van der Waals surface area contributed by atoms with Crippen molar-refractivity contribution in [1.82, 2.24) is 14.8 Å². The predicted molar refractivity (Wildman–Crippen MR) is 81.8 cm³/mol. The largest absolute Gasteiger partial charge is 0.449 e. The average molecular weight is 296 g/mol. The summed E-state index contributed by atoms with van der Waals surface area (Å²) >= 11 is 0. The number of furan rings is 1. The molecule has 0 saturated heterocycles. The van der Waals surface area contributed by atoms with E-state index < -0.39 is 0 Å². The summed E-state index contributed by atoms with van der Waals surface area (Å²) in [6.07, 6.45) is 5.91. The van der Waals surface area contributed by atoms with Crippen molar-refractivity contribution < 1.29 is 9.21 Å². The van der Waals surface area contributed by atoms with Gasteiger partial charge in [-0.3, -0.25) is 14.5 Å². The Kier molecular flexibility index (Phi) is 2.96. The van der Waals surface area contributed by atoms with E-state index in [0.717, 1.165) is 42.8 Å². The van der Waals surface area contributed by atoms with Crippen molar-refractivity contribution >= 4 is 22.8 Å². The standard InChI is InChI=1S/C16H16N4O2/c1-20-15(10-5-2-3-6-11(10)19-20)18-16(21)14-9-12-13(22-14)7-4-8-17-12/h4,7-9H,2-3,5-6H2,1H3,(H,18,21). The first-order valence-electron chi connectivity index (χ1n) is 7.43. The van der Waals surface area contributed by atoms with Gasteiger partial charge in [-0.25, -0.2) is 0 Å². The Hall–Kier alpha value is -2.63. The van der Waals surface area contributed by atoms with Crippen LogP contribution in [0.15, 0.2) is 28.8 Å². The van der Waals surface area contributed by atoms with Crippen molar-refractivity contribution in [2.75, 3.05) is 5.32 Å². The number of nitrogens with zero attached hydrogens (tertiary/aromatic N) is 3. The molecule has 0 radical (unpaired) electrons. The molecule has 0 spiro atoms. The number of aromatic nitrogens is 3. The molecule has 22 heavy (non-hydrogen) atoms. The van der Waals surface area contributed by atoms with Crippen molar-refractivity contribution in [3.63, 3.8) is 0 Å². The van der Waals surface area contributed by atoms with Crippen LogP contribution in [0.3, 0.4) is 0 Å². The van der Waals surface area contributed by atoms with Crippen LogP contribution in [0.4, 0.5) is 5.82 Å². The van der Waals surface area contributed by atoms with Gasteiger partial charge in [-0.2, -0.15) is 5.10 Å². The summed E-state index contributed by atoms with van der Waals surface area (Å²) in [6, 6.07) is 5.24. The van der Waals surface area contributed by atoms with E-state index in [1.165, 1.54) is 0 Å². The third kappa shape index (κ3) is 2.07. The predicted octanol–water partition coefficient (Wildman–Crippen LogP) is 2.69. The lowest BCUT2D eigenvalue weighted by atomic mass is 9.97. The van der Waals surface area contributed by atoms with Crippen LogP contribution < -0.4 is 5.32 Å². The zero-order chi connectivity index (χ0) is 15.1. The summed E-state index contributed by atoms with van der Waals surface area (Å²) in [5, 5.41) is 7.44.